The lowest BCUT2D eigenvalue weighted by Gasteiger charge is -2.28. The van der Waals surface area contributed by atoms with E-state index in [-0.39, 0.29) is 11.8 Å². The Kier molecular flexibility index (Phi) is 5.27. The number of aryl methyl sites for hydroxylation is 1. The molecule has 1 fully saturated rings. The van der Waals surface area contributed by atoms with Crippen LogP contribution in [0, 0.1) is 11.3 Å². The van der Waals surface area contributed by atoms with E-state index >= 15 is 0 Å². The number of likely N-dealkylation sites (tertiary alicyclic amines) is 1. The Bertz CT molecular complexity index is 556. The van der Waals surface area contributed by atoms with Gasteiger partial charge in [-0.2, -0.15) is 0 Å². The summed E-state index contributed by atoms with van der Waals surface area (Å²) in [6.45, 7) is 4.72. The molecule has 1 unspecified atom stereocenters. The van der Waals surface area contributed by atoms with Crippen LogP contribution in [-0.4, -0.2) is 35.0 Å². The van der Waals surface area contributed by atoms with Crippen molar-refractivity contribution in [3.8, 4) is 0 Å². The quantitative estimate of drug-likeness (QED) is 0.867. The molecule has 0 radical (unpaired) electrons. The highest BCUT2D eigenvalue weighted by atomic mass is 79.9. The number of halogens is 1. The molecule has 0 aliphatic carbocycles. The minimum atomic E-state index is -0.786. The van der Waals surface area contributed by atoms with E-state index in [0.29, 0.717) is 32.4 Å². The van der Waals surface area contributed by atoms with Crippen molar-refractivity contribution in [3.63, 3.8) is 0 Å². The average molecular weight is 368 g/mol. The molecule has 1 amide bonds. The third-order valence-corrected chi connectivity index (χ3v) is 5.25. The first-order chi connectivity index (χ1) is 10.3. The number of benzene rings is 1. The van der Waals surface area contributed by atoms with E-state index in [1.54, 1.807) is 4.90 Å². The van der Waals surface area contributed by atoms with Gasteiger partial charge in [0.05, 0.1) is 5.41 Å². The third-order valence-electron chi connectivity index (χ3n) is 4.73. The Hall–Kier alpha value is -1.36. The second-order valence-corrected chi connectivity index (χ2v) is 7.22. The van der Waals surface area contributed by atoms with Crippen LogP contribution in [0.15, 0.2) is 28.7 Å². The van der Waals surface area contributed by atoms with Crippen molar-refractivity contribution in [2.24, 2.45) is 11.3 Å². The molecule has 1 heterocycles. The number of carboxylic acids is 1. The molecule has 4 nitrogen and oxygen atoms in total. The highest BCUT2D eigenvalue weighted by Gasteiger charge is 2.48. The molecule has 120 valence electrons. The zero-order valence-electron chi connectivity index (χ0n) is 13.0. The normalized spacial score (nSPS) is 21.4. The predicted octanol–water partition coefficient (Wildman–Crippen LogP) is 3.34. The van der Waals surface area contributed by atoms with Crippen LogP contribution < -0.4 is 0 Å². The number of amides is 1. The van der Waals surface area contributed by atoms with Crippen molar-refractivity contribution in [2.45, 2.75) is 33.1 Å². The van der Waals surface area contributed by atoms with Gasteiger partial charge in [-0.3, -0.25) is 9.59 Å². The molecule has 1 aliphatic heterocycles. The van der Waals surface area contributed by atoms with Gasteiger partial charge < -0.3 is 10.0 Å². The third kappa shape index (κ3) is 3.51. The number of hydrogen-bond acceptors (Lipinski definition) is 2. The predicted molar refractivity (Wildman–Crippen MR) is 88.6 cm³/mol. The van der Waals surface area contributed by atoms with Crippen molar-refractivity contribution in [1.82, 2.24) is 4.90 Å². The summed E-state index contributed by atoms with van der Waals surface area (Å²) < 4.78 is 1.02. The van der Waals surface area contributed by atoms with Crippen LogP contribution in [0.5, 0.6) is 0 Å². The van der Waals surface area contributed by atoms with Crippen molar-refractivity contribution >= 4 is 27.8 Å². The molecule has 22 heavy (non-hydrogen) atoms. The molecule has 0 saturated carbocycles. The van der Waals surface area contributed by atoms with Crippen molar-refractivity contribution in [2.75, 3.05) is 13.1 Å². The molecular formula is C17H22BrNO3. The van der Waals surface area contributed by atoms with Gasteiger partial charge in [0.25, 0.3) is 0 Å². The molecule has 0 aromatic heterocycles. The molecule has 1 N–H and O–H groups in total. The van der Waals surface area contributed by atoms with Gasteiger partial charge in [-0.1, -0.05) is 41.9 Å². The van der Waals surface area contributed by atoms with Gasteiger partial charge in [0.1, 0.15) is 0 Å². The summed E-state index contributed by atoms with van der Waals surface area (Å²) in [5, 5.41) is 9.53. The summed E-state index contributed by atoms with van der Waals surface area (Å²) in [6.07, 6.45) is 1.66. The van der Waals surface area contributed by atoms with Crippen LogP contribution in [0.2, 0.25) is 0 Å². The van der Waals surface area contributed by atoms with Gasteiger partial charge in [0.2, 0.25) is 5.91 Å². The molecule has 1 aromatic carbocycles. The van der Waals surface area contributed by atoms with Gasteiger partial charge in [-0.05, 0) is 36.5 Å². The summed E-state index contributed by atoms with van der Waals surface area (Å²) in [6, 6.07) is 7.92. The highest BCUT2D eigenvalue weighted by molar-refractivity contribution is 9.10. The van der Waals surface area contributed by atoms with Gasteiger partial charge in [0, 0.05) is 24.0 Å². The summed E-state index contributed by atoms with van der Waals surface area (Å²) in [7, 11) is 0. The molecule has 1 aromatic rings. The first-order valence-corrected chi connectivity index (χ1v) is 8.40. The van der Waals surface area contributed by atoms with E-state index in [4.69, 9.17) is 0 Å². The van der Waals surface area contributed by atoms with Crippen LogP contribution in [0.1, 0.15) is 32.3 Å². The molecule has 1 aliphatic rings. The Morgan fingerprint density at radius 1 is 1.32 bits per heavy atom. The lowest BCUT2D eigenvalue weighted by Crippen LogP contribution is -2.40. The number of nitrogens with zero attached hydrogens (tertiary/aromatic N) is 1. The Morgan fingerprint density at radius 3 is 2.45 bits per heavy atom. The molecule has 1 atom stereocenters. The maximum atomic E-state index is 12.3. The number of aliphatic carboxylic acids is 1. The number of hydrogen-bond donors (Lipinski definition) is 1. The van der Waals surface area contributed by atoms with Crippen LogP contribution in [0.4, 0.5) is 0 Å². The Morgan fingerprint density at radius 2 is 1.95 bits per heavy atom. The van der Waals surface area contributed by atoms with Gasteiger partial charge in [0.15, 0.2) is 0 Å². The maximum absolute atomic E-state index is 12.3. The smallest absolute Gasteiger partial charge is 0.311 e. The number of carboxylic acid groups (broad SMARTS) is 1. The minimum absolute atomic E-state index is 0.0225. The Balaban J connectivity index is 1.94. The van der Waals surface area contributed by atoms with E-state index in [0.717, 1.165) is 10.0 Å². The largest absolute Gasteiger partial charge is 0.481 e. The monoisotopic (exact) mass is 367 g/mol. The van der Waals surface area contributed by atoms with E-state index in [1.165, 1.54) is 0 Å². The van der Waals surface area contributed by atoms with E-state index in [2.05, 4.69) is 15.9 Å². The zero-order chi connectivity index (χ0) is 16.3. The fraction of sp³-hybridized carbons (Fsp3) is 0.529. The molecule has 1 saturated heterocycles. The van der Waals surface area contributed by atoms with E-state index in [9.17, 15) is 14.7 Å². The molecule has 0 bridgehead atoms. The van der Waals surface area contributed by atoms with Gasteiger partial charge in [-0.15, -0.1) is 0 Å². The summed E-state index contributed by atoms with van der Waals surface area (Å²) in [4.78, 5) is 25.7. The topological polar surface area (TPSA) is 57.6 Å². The van der Waals surface area contributed by atoms with Crippen LogP contribution in [-0.2, 0) is 16.0 Å². The second kappa shape index (κ2) is 6.82. The first-order valence-electron chi connectivity index (χ1n) is 7.61. The fourth-order valence-electron chi connectivity index (χ4n) is 3.00. The summed E-state index contributed by atoms with van der Waals surface area (Å²) >= 11 is 3.39. The average Bonchev–Trinajstić information content (AvgIpc) is 2.93. The van der Waals surface area contributed by atoms with Crippen LogP contribution in [0.25, 0.3) is 0 Å². The summed E-state index contributed by atoms with van der Waals surface area (Å²) in [5.41, 5.74) is 0.330. The van der Waals surface area contributed by atoms with Gasteiger partial charge in [-0.25, -0.2) is 0 Å². The lowest BCUT2D eigenvalue weighted by molar-refractivity contribution is -0.151. The highest BCUT2D eigenvalue weighted by Crippen LogP contribution is 2.38. The van der Waals surface area contributed by atoms with Crippen molar-refractivity contribution in [1.29, 1.82) is 0 Å². The van der Waals surface area contributed by atoms with Gasteiger partial charge >= 0.3 is 5.97 Å². The molecular weight excluding hydrogens is 346 g/mol. The molecule has 0 spiro atoms. The zero-order valence-corrected chi connectivity index (χ0v) is 14.6. The van der Waals surface area contributed by atoms with Crippen LogP contribution >= 0.6 is 15.9 Å². The molecule has 2 rings (SSSR count). The molecule has 5 heteroatoms. The first kappa shape index (κ1) is 17.0. The second-order valence-electron chi connectivity index (χ2n) is 6.31. The van der Waals surface area contributed by atoms with E-state index < -0.39 is 11.4 Å². The standard InChI is InChI=1S/C17H22BrNO3/c1-12(2)17(16(21)22)9-10-19(11-17)15(20)8-5-13-3-6-14(18)7-4-13/h3-4,6-7,12H,5,8-11H2,1-2H3,(H,21,22). The van der Waals surface area contributed by atoms with Crippen molar-refractivity contribution < 1.29 is 14.7 Å². The van der Waals surface area contributed by atoms with Crippen LogP contribution in [0.3, 0.4) is 0 Å². The number of rotatable bonds is 5. The lowest BCUT2D eigenvalue weighted by atomic mass is 9.76. The van der Waals surface area contributed by atoms with E-state index in [1.807, 2.05) is 38.1 Å². The maximum Gasteiger partial charge on any atom is 0.311 e. The SMILES string of the molecule is CC(C)C1(C(=O)O)CCN(C(=O)CCc2ccc(Br)cc2)C1. The van der Waals surface area contributed by atoms with Crippen molar-refractivity contribution in [3.05, 3.63) is 34.3 Å². The summed E-state index contributed by atoms with van der Waals surface area (Å²) in [5.74, 6) is -0.716. The Labute approximate surface area is 139 Å². The number of carbonyl (C=O) groups is 2. The fourth-order valence-corrected chi connectivity index (χ4v) is 3.26. The minimum Gasteiger partial charge on any atom is -0.481 e. The number of carbonyl (C=O) groups excluding carboxylic acids is 1.